The number of oxime groups is 1. The largest absolute Gasteiger partial charge is 0.457 e. The van der Waals surface area contributed by atoms with Crippen LogP contribution < -0.4 is 0 Å². The van der Waals surface area contributed by atoms with Gasteiger partial charge in [0.15, 0.2) is 6.10 Å². The fraction of sp³-hybridized carbons (Fsp3) is 0.929. The second kappa shape index (κ2) is 6.56. The molecule has 33 heavy (non-hydrogen) atoms. The van der Waals surface area contributed by atoms with Crippen molar-refractivity contribution in [2.24, 2.45) is 62.8 Å². The van der Waals surface area contributed by atoms with Crippen LogP contribution in [0.15, 0.2) is 5.16 Å². The summed E-state index contributed by atoms with van der Waals surface area (Å²) in [5.74, 6) is 3.81. The van der Waals surface area contributed by atoms with Crippen LogP contribution in [0.5, 0.6) is 0 Å². The molecule has 7 rings (SSSR count). The van der Waals surface area contributed by atoms with Crippen molar-refractivity contribution in [2.75, 3.05) is 7.11 Å². The Bertz CT molecular complexity index is 918. The summed E-state index contributed by atoms with van der Waals surface area (Å²) in [6.45, 7) is 9.45. The molecule has 0 bridgehead atoms. The molecule has 6 fully saturated rings. The third-order valence-electron chi connectivity index (χ3n) is 13.0. The highest BCUT2D eigenvalue weighted by Gasteiger charge is 2.77. The number of methoxy groups -OCH3 is 1. The highest BCUT2D eigenvalue weighted by molar-refractivity contribution is 6.03. The first-order valence-electron chi connectivity index (χ1n) is 13.7. The fourth-order valence-corrected chi connectivity index (χ4v) is 11.4. The van der Waals surface area contributed by atoms with Gasteiger partial charge in [0.25, 0.3) is 0 Å². The summed E-state index contributed by atoms with van der Waals surface area (Å²) in [5.41, 5.74) is 2.07. The lowest BCUT2D eigenvalue weighted by molar-refractivity contribution is -0.165. The first-order chi connectivity index (χ1) is 15.8. The van der Waals surface area contributed by atoms with Gasteiger partial charge in [-0.1, -0.05) is 25.9 Å². The third-order valence-corrected chi connectivity index (χ3v) is 13.0. The smallest absolute Gasteiger partial charge is 0.319 e. The second-order valence-corrected chi connectivity index (χ2v) is 13.5. The lowest BCUT2D eigenvalue weighted by Gasteiger charge is -2.61. The zero-order chi connectivity index (χ0) is 22.9. The maximum atomic E-state index is 12.6. The molecule has 5 nitrogen and oxygen atoms in total. The van der Waals surface area contributed by atoms with Gasteiger partial charge in [-0.15, -0.1) is 0 Å². The lowest BCUT2D eigenvalue weighted by atomic mass is 9.45. The number of rotatable bonds is 3. The quantitative estimate of drug-likeness (QED) is 0.547. The van der Waals surface area contributed by atoms with Crippen LogP contribution >= 0.6 is 0 Å². The number of cyclic esters (lactones) is 1. The van der Waals surface area contributed by atoms with E-state index in [2.05, 4.69) is 25.9 Å². The molecule has 7 aliphatic rings. The van der Waals surface area contributed by atoms with E-state index >= 15 is 0 Å². The van der Waals surface area contributed by atoms with Gasteiger partial charge < -0.3 is 14.3 Å². The van der Waals surface area contributed by atoms with Crippen molar-refractivity contribution in [3.63, 3.8) is 0 Å². The van der Waals surface area contributed by atoms with Crippen molar-refractivity contribution < 1.29 is 19.1 Å². The Morgan fingerprint density at radius 3 is 2.70 bits per heavy atom. The average Bonchev–Trinajstić information content (AvgIpc) is 3.06. The van der Waals surface area contributed by atoms with Gasteiger partial charge in [-0.25, -0.2) is 0 Å². The SMILES string of the molecule is CO[C@@H]1C[C@H]2[C@@H]3CC[C@H]([C@H](C)[C@H]4OC(=O)[C@H]5C(C)=NO[C@H]54)[C@@]3(C)CC[C@@H]2[C@@]2(C)CC[C@@H]3C[C@]312. The van der Waals surface area contributed by atoms with Crippen LogP contribution in [-0.2, 0) is 19.1 Å². The molecule has 5 saturated carbocycles. The fourth-order valence-electron chi connectivity index (χ4n) is 11.4. The van der Waals surface area contributed by atoms with Crippen LogP contribution in [0.1, 0.15) is 79.1 Å². The predicted octanol–water partition coefficient (Wildman–Crippen LogP) is 5.22. The van der Waals surface area contributed by atoms with E-state index in [9.17, 15) is 4.79 Å². The van der Waals surface area contributed by atoms with Crippen LogP contribution in [0.4, 0.5) is 0 Å². The Hall–Kier alpha value is -1.10. The molecule has 2 heterocycles. The minimum Gasteiger partial charge on any atom is -0.457 e. The van der Waals surface area contributed by atoms with E-state index in [1.807, 2.05) is 14.0 Å². The number of carbonyl (C=O) groups is 1. The van der Waals surface area contributed by atoms with Crippen LogP contribution in [0.2, 0.25) is 0 Å². The van der Waals surface area contributed by atoms with Gasteiger partial charge in [-0.3, -0.25) is 4.79 Å². The molecule has 0 radical (unpaired) electrons. The van der Waals surface area contributed by atoms with Crippen LogP contribution in [0, 0.1) is 57.7 Å². The normalized spacial score (nSPS) is 58.9. The molecule has 182 valence electrons. The molecule has 0 unspecified atom stereocenters. The minimum absolute atomic E-state index is 0.132. The van der Waals surface area contributed by atoms with E-state index in [-0.39, 0.29) is 24.1 Å². The third kappa shape index (κ3) is 2.35. The van der Waals surface area contributed by atoms with Crippen molar-refractivity contribution in [3.05, 3.63) is 0 Å². The lowest BCUT2D eigenvalue weighted by Crippen LogP contribution is -2.57. The molecule has 2 aliphatic heterocycles. The van der Waals surface area contributed by atoms with E-state index in [1.165, 1.54) is 51.4 Å². The van der Waals surface area contributed by atoms with E-state index in [4.69, 9.17) is 14.3 Å². The Balaban J connectivity index is 1.16. The van der Waals surface area contributed by atoms with Crippen molar-refractivity contribution in [3.8, 4) is 0 Å². The number of ether oxygens (including phenoxy) is 2. The Labute approximate surface area is 198 Å². The molecule has 5 aliphatic carbocycles. The topological polar surface area (TPSA) is 57.1 Å². The van der Waals surface area contributed by atoms with Crippen LogP contribution in [0.3, 0.4) is 0 Å². The molecule has 0 aromatic heterocycles. The Morgan fingerprint density at radius 2 is 1.94 bits per heavy atom. The maximum absolute atomic E-state index is 12.6. The summed E-state index contributed by atoms with van der Waals surface area (Å²) in [4.78, 5) is 18.3. The molecule has 5 heteroatoms. The number of carbonyl (C=O) groups excluding carboxylic acids is 1. The molecule has 1 spiro atoms. The molecule has 13 atom stereocenters. The average molecular weight is 456 g/mol. The highest BCUT2D eigenvalue weighted by Crippen LogP contribution is 2.82. The summed E-state index contributed by atoms with van der Waals surface area (Å²) in [6.07, 6.45) is 10.9. The molecular formula is C28H41NO4. The molecule has 0 aromatic rings. The Morgan fingerprint density at radius 1 is 1.12 bits per heavy atom. The van der Waals surface area contributed by atoms with Crippen LogP contribution in [-0.4, -0.2) is 37.1 Å². The second-order valence-electron chi connectivity index (χ2n) is 13.5. The standard InChI is InChI=1S/C28H41NO4/c1-14(23-24-22(25(30)32-23)15(2)29-33-24)18-6-7-19-17-12-21(31-5)28-13-16(28)8-11-27(28,4)20(17)9-10-26(18,19)3/h14,16-24H,6-13H2,1-5H3/t14-,16+,17-,18+,19-,20-,21+,22-,23+,24+,26+,27+,28-/m0/s1. The number of fused-ring (bicyclic) bond motifs is 5. The summed E-state index contributed by atoms with van der Waals surface area (Å²) in [7, 11) is 1.98. The van der Waals surface area contributed by atoms with Crippen molar-refractivity contribution in [1.29, 1.82) is 0 Å². The van der Waals surface area contributed by atoms with E-state index in [0.29, 0.717) is 34.2 Å². The van der Waals surface area contributed by atoms with E-state index in [0.717, 1.165) is 29.4 Å². The molecule has 0 amide bonds. The zero-order valence-corrected chi connectivity index (χ0v) is 21.0. The van der Waals surface area contributed by atoms with Gasteiger partial charge in [0.2, 0.25) is 0 Å². The maximum Gasteiger partial charge on any atom is 0.319 e. The van der Waals surface area contributed by atoms with Gasteiger partial charge in [0.1, 0.15) is 12.0 Å². The molecule has 0 N–H and O–H groups in total. The van der Waals surface area contributed by atoms with Crippen molar-refractivity contribution in [2.45, 2.75) is 97.4 Å². The van der Waals surface area contributed by atoms with Gasteiger partial charge in [-0.05, 0) is 98.7 Å². The number of hydrogen-bond acceptors (Lipinski definition) is 5. The first kappa shape index (κ1) is 21.2. The molecule has 1 saturated heterocycles. The minimum atomic E-state index is -0.288. The zero-order valence-electron chi connectivity index (χ0n) is 21.0. The molecule has 0 aromatic carbocycles. The van der Waals surface area contributed by atoms with Gasteiger partial charge in [0, 0.05) is 18.4 Å². The summed E-state index contributed by atoms with van der Waals surface area (Å²) in [5, 5.41) is 4.15. The predicted molar refractivity (Wildman–Crippen MR) is 124 cm³/mol. The molecular weight excluding hydrogens is 414 g/mol. The van der Waals surface area contributed by atoms with Gasteiger partial charge >= 0.3 is 5.97 Å². The van der Waals surface area contributed by atoms with Crippen molar-refractivity contribution in [1.82, 2.24) is 0 Å². The number of hydrogen-bond donors (Lipinski definition) is 0. The summed E-state index contributed by atoms with van der Waals surface area (Å²) in [6, 6.07) is 0. The van der Waals surface area contributed by atoms with Gasteiger partial charge in [-0.2, -0.15) is 0 Å². The highest BCUT2D eigenvalue weighted by atomic mass is 16.7. The monoisotopic (exact) mass is 455 g/mol. The summed E-state index contributed by atoms with van der Waals surface area (Å²) >= 11 is 0. The Kier molecular flexibility index (Phi) is 4.21. The van der Waals surface area contributed by atoms with Gasteiger partial charge in [0.05, 0.1) is 11.8 Å². The first-order valence-corrected chi connectivity index (χ1v) is 13.7. The summed E-state index contributed by atoms with van der Waals surface area (Å²) < 4.78 is 12.2. The van der Waals surface area contributed by atoms with E-state index < -0.39 is 0 Å². The number of esters is 1. The van der Waals surface area contributed by atoms with Crippen molar-refractivity contribution >= 4 is 11.7 Å². The number of nitrogens with zero attached hydrogens (tertiary/aromatic N) is 1. The van der Waals surface area contributed by atoms with Crippen LogP contribution in [0.25, 0.3) is 0 Å². The van der Waals surface area contributed by atoms with E-state index in [1.54, 1.807) is 0 Å².